The normalized spacial score (nSPS) is 11.1. The van der Waals surface area contributed by atoms with Gasteiger partial charge in [-0.1, -0.05) is 91.7 Å². The molecule has 0 spiro atoms. The molecular weight excluding hydrogens is 402 g/mol. The molecule has 3 heterocycles. The molecule has 0 amide bonds. The van der Waals surface area contributed by atoms with Gasteiger partial charge in [0.05, 0.1) is 16.5 Å². The number of hydrogen-bond donors (Lipinski definition) is 2. The fourth-order valence-corrected chi connectivity index (χ4v) is 2.99. The van der Waals surface area contributed by atoms with E-state index in [2.05, 4.69) is 56.8 Å². The third-order valence-electron chi connectivity index (χ3n) is 4.46. The van der Waals surface area contributed by atoms with Crippen LogP contribution in [0.3, 0.4) is 0 Å². The standard InChI is InChI=1S/C11H14N2O.C10H13N3O.2C2H6/c1-11(2,3)8-6-4-5-7-9(8)14-13-10(7)12;1-10(2,3)8-7-6(4-5-12-8)9(11)13-14-7;2*1-2/h4-6H,1-3H3,(H2,12,13);4-5H,1-3H3,(H2,11,13);2*1-2H3. The van der Waals surface area contributed by atoms with Crippen LogP contribution < -0.4 is 11.5 Å². The molecule has 1 aromatic carbocycles. The van der Waals surface area contributed by atoms with Crippen molar-refractivity contribution in [1.29, 1.82) is 0 Å². The van der Waals surface area contributed by atoms with Crippen LogP contribution >= 0.6 is 0 Å². The second-order valence-corrected chi connectivity index (χ2v) is 8.85. The number of rotatable bonds is 0. The van der Waals surface area contributed by atoms with E-state index >= 15 is 0 Å². The summed E-state index contributed by atoms with van der Waals surface area (Å²) in [7, 11) is 0. The SMILES string of the molecule is CC.CC.CC(C)(C)c1cccc2c(N)noc12.CC(C)(C)c1nccc2c(N)noc12. The maximum absolute atomic E-state index is 5.68. The van der Waals surface area contributed by atoms with Crippen LogP contribution in [-0.2, 0) is 10.8 Å². The molecular formula is C25H39N5O2. The Bertz CT molecular complexity index is 1020. The highest BCUT2D eigenvalue weighted by Gasteiger charge is 2.22. The van der Waals surface area contributed by atoms with Gasteiger partial charge in [-0.3, -0.25) is 4.98 Å². The minimum Gasteiger partial charge on any atom is -0.380 e. The summed E-state index contributed by atoms with van der Waals surface area (Å²) in [5.41, 5.74) is 14.8. The number of anilines is 2. The molecule has 0 aliphatic carbocycles. The minimum atomic E-state index is -0.0640. The van der Waals surface area contributed by atoms with Crippen molar-refractivity contribution in [2.75, 3.05) is 11.5 Å². The van der Waals surface area contributed by atoms with Gasteiger partial charge in [0.25, 0.3) is 0 Å². The zero-order valence-electron chi connectivity index (χ0n) is 21.2. The zero-order chi connectivity index (χ0) is 24.7. The number of fused-ring (bicyclic) bond motifs is 2. The third-order valence-corrected chi connectivity index (χ3v) is 4.46. The van der Waals surface area contributed by atoms with Gasteiger partial charge in [-0.15, -0.1) is 0 Å². The van der Waals surface area contributed by atoms with Gasteiger partial charge in [-0.05, 0) is 17.5 Å². The van der Waals surface area contributed by atoms with Crippen LogP contribution in [0.5, 0.6) is 0 Å². The highest BCUT2D eigenvalue weighted by Crippen LogP contribution is 2.32. The Hall–Kier alpha value is -3.09. The van der Waals surface area contributed by atoms with Gasteiger partial charge < -0.3 is 20.5 Å². The van der Waals surface area contributed by atoms with Crippen molar-refractivity contribution in [2.24, 2.45) is 0 Å². The highest BCUT2D eigenvalue weighted by atomic mass is 16.5. The van der Waals surface area contributed by atoms with Crippen LogP contribution in [0.1, 0.15) is 80.5 Å². The van der Waals surface area contributed by atoms with Crippen molar-refractivity contribution in [1.82, 2.24) is 15.3 Å². The lowest BCUT2D eigenvalue weighted by atomic mass is 9.86. The number of nitrogens with zero attached hydrogens (tertiary/aromatic N) is 3. The molecule has 4 aromatic rings. The molecule has 0 fully saturated rings. The number of nitrogens with two attached hydrogens (primary N) is 2. The van der Waals surface area contributed by atoms with E-state index < -0.39 is 0 Å². The molecule has 0 saturated heterocycles. The molecule has 0 bridgehead atoms. The monoisotopic (exact) mass is 441 g/mol. The van der Waals surface area contributed by atoms with E-state index in [9.17, 15) is 0 Å². The largest absolute Gasteiger partial charge is 0.380 e. The summed E-state index contributed by atoms with van der Waals surface area (Å²) < 4.78 is 10.4. The van der Waals surface area contributed by atoms with E-state index in [0.29, 0.717) is 17.2 Å². The van der Waals surface area contributed by atoms with Crippen LogP contribution in [0.2, 0.25) is 0 Å². The fourth-order valence-electron chi connectivity index (χ4n) is 2.99. The summed E-state index contributed by atoms with van der Waals surface area (Å²) in [5, 5.41) is 9.24. The molecule has 3 aromatic heterocycles. The molecule has 176 valence electrons. The second kappa shape index (κ2) is 11.0. The van der Waals surface area contributed by atoms with Crippen molar-refractivity contribution >= 4 is 33.6 Å². The lowest BCUT2D eigenvalue weighted by Crippen LogP contribution is -2.13. The van der Waals surface area contributed by atoms with Gasteiger partial charge in [-0.25, -0.2) is 0 Å². The maximum atomic E-state index is 5.68. The summed E-state index contributed by atoms with van der Waals surface area (Å²) in [6.07, 6.45) is 1.73. The summed E-state index contributed by atoms with van der Waals surface area (Å²) in [6, 6.07) is 7.77. The minimum absolute atomic E-state index is 0.0471. The second-order valence-electron chi connectivity index (χ2n) is 8.85. The van der Waals surface area contributed by atoms with Crippen LogP contribution in [0.25, 0.3) is 21.9 Å². The zero-order valence-corrected chi connectivity index (χ0v) is 21.2. The molecule has 4 N–H and O–H groups in total. The van der Waals surface area contributed by atoms with Crippen LogP contribution in [0.4, 0.5) is 11.6 Å². The van der Waals surface area contributed by atoms with Gasteiger partial charge in [-0.2, -0.15) is 0 Å². The van der Waals surface area contributed by atoms with E-state index in [4.69, 9.17) is 20.5 Å². The van der Waals surface area contributed by atoms with E-state index in [1.165, 1.54) is 0 Å². The topological polar surface area (TPSA) is 117 Å². The maximum Gasteiger partial charge on any atom is 0.191 e. The van der Waals surface area contributed by atoms with Crippen LogP contribution in [-0.4, -0.2) is 15.3 Å². The average molecular weight is 442 g/mol. The summed E-state index contributed by atoms with van der Waals surface area (Å²) in [6.45, 7) is 20.6. The van der Waals surface area contributed by atoms with E-state index in [0.717, 1.165) is 27.6 Å². The number of aromatic nitrogens is 3. The first-order chi connectivity index (χ1) is 15.0. The lowest BCUT2D eigenvalue weighted by Gasteiger charge is -2.18. The van der Waals surface area contributed by atoms with Gasteiger partial charge >= 0.3 is 0 Å². The van der Waals surface area contributed by atoms with Gasteiger partial charge in [0, 0.05) is 17.2 Å². The van der Waals surface area contributed by atoms with Crippen molar-refractivity contribution in [2.45, 2.75) is 80.1 Å². The summed E-state index contributed by atoms with van der Waals surface area (Å²) >= 11 is 0. The van der Waals surface area contributed by atoms with Crippen molar-refractivity contribution < 1.29 is 9.05 Å². The number of benzene rings is 1. The van der Waals surface area contributed by atoms with E-state index in [1.54, 1.807) is 6.20 Å². The molecule has 7 heteroatoms. The van der Waals surface area contributed by atoms with Crippen LogP contribution in [0, 0.1) is 0 Å². The quantitative estimate of drug-likeness (QED) is 0.306. The Kier molecular flexibility index (Phi) is 9.24. The molecule has 32 heavy (non-hydrogen) atoms. The Morgan fingerprint density at radius 2 is 1.19 bits per heavy atom. The highest BCUT2D eigenvalue weighted by molar-refractivity contribution is 5.90. The van der Waals surface area contributed by atoms with Crippen molar-refractivity contribution in [3.05, 3.63) is 41.7 Å². The van der Waals surface area contributed by atoms with Gasteiger partial charge in [0.1, 0.15) is 0 Å². The van der Waals surface area contributed by atoms with Gasteiger partial charge in [0.15, 0.2) is 22.8 Å². The molecule has 4 rings (SSSR count). The van der Waals surface area contributed by atoms with E-state index in [1.807, 2.05) is 52.0 Å². The van der Waals surface area contributed by atoms with E-state index in [-0.39, 0.29) is 10.8 Å². The van der Waals surface area contributed by atoms with Gasteiger partial charge in [0.2, 0.25) is 0 Å². The number of hydrogen-bond acceptors (Lipinski definition) is 7. The molecule has 0 saturated carbocycles. The first-order valence-corrected chi connectivity index (χ1v) is 11.1. The smallest absolute Gasteiger partial charge is 0.191 e. The first-order valence-electron chi connectivity index (χ1n) is 11.1. The molecule has 0 atom stereocenters. The Morgan fingerprint density at radius 3 is 1.69 bits per heavy atom. The first kappa shape index (κ1) is 26.9. The average Bonchev–Trinajstić information content (AvgIpc) is 3.33. The predicted octanol–water partition coefficient (Wildman–Crippen LogP) is 6.86. The molecule has 0 aliphatic heterocycles. The van der Waals surface area contributed by atoms with Crippen molar-refractivity contribution in [3.8, 4) is 0 Å². The number of nitrogen functional groups attached to an aromatic ring is 2. The van der Waals surface area contributed by atoms with Crippen LogP contribution in [0.15, 0.2) is 39.5 Å². The number of para-hydroxylation sites is 1. The Balaban J connectivity index is 0.000000277. The summed E-state index contributed by atoms with van der Waals surface area (Å²) in [5.74, 6) is 0.888. The Labute approximate surface area is 191 Å². The Morgan fingerprint density at radius 1 is 0.688 bits per heavy atom. The molecule has 7 nitrogen and oxygen atoms in total. The third kappa shape index (κ3) is 5.99. The summed E-state index contributed by atoms with van der Waals surface area (Å²) in [4.78, 5) is 4.30. The number of pyridine rings is 1. The predicted molar refractivity (Wildman–Crippen MR) is 135 cm³/mol. The fraction of sp³-hybridized carbons (Fsp3) is 0.480. The molecule has 0 radical (unpaired) electrons. The van der Waals surface area contributed by atoms with Crippen molar-refractivity contribution in [3.63, 3.8) is 0 Å². The lowest BCUT2D eigenvalue weighted by molar-refractivity contribution is 0.446. The molecule has 0 unspecified atom stereocenters. The molecule has 0 aliphatic rings.